The Morgan fingerprint density at radius 2 is 1.83 bits per heavy atom. The van der Waals surface area contributed by atoms with Crippen molar-refractivity contribution < 1.29 is 14.3 Å². The van der Waals surface area contributed by atoms with Gasteiger partial charge in [-0.25, -0.2) is 0 Å². The maximum atomic E-state index is 12.0. The predicted octanol–water partition coefficient (Wildman–Crippen LogP) is 4.26. The Hall–Kier alpha value is -1.91. The molecule has 0 heterocycles. The van der Waals surface area contributed by atoms with Crippen LogP contribution in [0.15, 0.2) is 42.5 Å². The minimum absolute atomic E-state index is 0.105. The van der Waals surface area contributed by atoms with Crippen molar-refractivity contribution >= 4 is 29.1 Å². The summed E-state index contributed by atoms with van der Waals surface area (Å²) < 4.78 is 10.7. The molecule has 23 heavy (non-hydrogen) atoms. The van der Waals surface area contributed by atoms with E-state index in [2.05, 4.69) is 5.32 Å². The Morgan fingerprint density at radius 3 is 2.48 bits per heavy atom. The van der Waals surface area contributed by atoms with Gasteiger partial charge in [-0.3, -0.25) is 4.79 Å². The molecule has 0 aliphatic rings. The first kappa shape index (κ1) is 17.4. The highest BCUT2D eigenvalue weighted by Gasteiger charge is 2.12. The van der Waals surface area contributed by atoms with Crippen LogP contribution in [0, 0.1) is 0 Å². The van der Waals surface area contributed by atoms with Gasteiger partial charge < -0.3 is 14.8 Å². The Kier molecular flexibility index (Phi) is 6.13. The molecule has 2 aromatic carbocycles. The van der Waals surface area contributed by atoms with E-state index in [4.69, 9.17) is 32.7 Å². The van der Waals surface area contributed by atoms with Crippen molar-refractivity contribution in [1.82, 2.24) is 5.32 Å². The Balaban J connectivity index is 1.92. The molecule has 0 saturated heterocycles. The van der Waals surface area contributed by atoms with E-state index in [1.165, 1.54) is 0 Å². The highest BCUT2D eigenvalue weighted by Crippen LogP contribution is 2.26. The van der Waals surface area contributed by atoms with E-state index in [0.29, 0.717) is 21.5 Å². The number of ether oxygens (including phenoxy) is 2. The summed E-state index contributed by atoms with van der Waals surface area (Å²) in [6, 6.07) is 12.2. The second-order valence-electron chi connectivity index (χ2n) is 4.90. The third-order valence-corrected chi connectivity index (χ3v) is 3.99. The van der Waals surface area contributed by atoms with Crippen molar-refractivity contribution in [2.45, 2.75) is 13.0 Å². The molecule has 0 spiro atoms. The van der Waals surface area contributed by atoms with Gasteiger partial charge in [-0.05, 0) is 36.8 Å². The van der Waals surface area contributed by atoms with Crippen LogP contribution in [0.25, 0.3) is 0 Å². The van der Waals surface area contributed by atoms with Gasteiger partial charge >= 0.3 is 0 Å². The monoisotopic (exact) mass is 353 g/mol. The second-order valence-corrected chi connectivity index (χ2v) is 5.72. The van der Waals surface area contributed by atoms with Crippen LogP contribution < -0.4 is 14.8 Å². The summed E-state index contributed by atoms with van der Waals surface area (Å²) in [6.07, 6.45) is 0. The van der Waals surface area contributed by atoms with Gasteiger partial charge in [-0.2, -0.15) is 0 Å². The minimum Gasteiger partial charge on any atom is -0.493 e. The van der Waals surface area contributed by atoms with E-state index in [0.717, 1.165) is 5.56 Å². The number of rotatable bonds is 6. The molecule has 1 amide bonds. The Labute approximate surface area is 145 Å². The predicted molar refractivity (Wildman–Crippen MR) is 91.5 cm³/mol. The molecule has 0 saturated carbocycles. The minimum atomic E-state index is -0.241. The lowest BCUT2D eigenvalue weighted by molar-refractivity contribution is -0.123. The summed E-state index contributed by atoms with van der Waals surface area (Å²) in [4.78, 5) is 12.0. The number of hydrogen-bond donors (Lipinski definition) is 1. The lowest BCUT2D eigenvalue weighted by Crippen LogP contribution is -2.31. The maximum Gasteiger partial charge on any atom is 0.258 e. The maximum absolute atomic E-state index is 12.0. The molecular formula is C17H17Cl2NO3. The van der Waals surface area contributed by atoms with Gasteiger partial charge in [-0.1, -0.05) is 41.4 Å². The average Bonchev–Trinajstić information content (AvgIpc) is 2.55. The fourth-order valence-corrected chi connectivity index (χ4v) is 2.34. The Morgan fingerprint density at radius 1 is 1.13 bits per heavy atom. The Bertz CT molecular complexity index is 691. The van der Waals surface area contributed by atoms with Gasteiger partial charge in [-0.15, -0.1) is 0 Å². The number of nitrogens with one attached hydrogen (secondary N) is 1. The van der Waals surface area contributed by atoms with E-state index in [9.17, 15) is 4.79 Å². The van der Waals surface area contributed by atoms with Crippen LogP contribution in [-0.2, 0) is 4.79 Å². The van der Waals surface area contributed by atoms with Crippen LogP contribution >= 0.6 is 23.2 Å². The summed E-state index contributed by atoms with van der Waals surface area (Å²) in [7, 11) is 1.55. The van der Waals surface area contributed by atoms with Crippen LogP contribution in [0.4, 0.5) is 0 Å². The van der Waals surface area contributed by atoms with Crippen LogP contribution in [0.5, 0.6) is 11.5 Å². The van der Waals surface area contributed by atoms with Gasteiger partial charge in [0.1, 0.15) is 0 Å². The van der Waals surface area contributed by atoms with E-state index in [1.807, 2.05) is 25.1 Å². The summed E-state index contributed by atoms with van der Waals surface area (Å²) in [6.45, 7) is 1.76. The third kappa shape index (κ3) is 4.78. The summed E-state index contributed by atoms with van der Waals surface area (Å²) in [5, 5.41) is 3.78. The molecule has 4 nitrogen and oxygen atoms in total. The van der Waals surface area contributed by atoms with Gasteiger partial charge in [0.05, 0.1) is 23.2 Å². The molecule has 0 radical (unpaired) electrons. The molecular weight excluding hydrogens is 337 g/mol. The number of carbonyl (C=O) groups is 1. The standard InChI is InChI=1S/C17H17Cl2NO3/c1-11(12-7-8-13(18)14(19)9-12)20-17(21)10-23-16-6-4-3-5-15(16)22-2/h3-9,11H,10H2,1-2H3,(H,20,21). The van der Waals surface area contributed by atoms with Crippen molar-refractivity contribution in [1.29, 1.82) is 0 Å². The van der Waals surface area contributed by atoms with Crippen molar-refractivity contribution in [3.63, 3.8) is 0 Å². The van der Waals surface area contributed by atoms with Gasteiger partial charge in [0.25, 0.3) is 5.91 Å². The number of methoxy groups -OCH3 is 1. The van der Waals surface area contributed by atoms with Crippen molar-refractivity contribution in [3.05, 3.63) is 58.1 Å². The number of amides is 1. The van der Waals surface area contributed by atoms with E-state index in [-0.39, 0.29) is 18.6 Å². The normalized spacial score (nSPS) is 11.7. The van der Waals surface area contributed by atoms with E-state index < -0.39 is 0 Å². The first-order chi connectivity index (χ1) is 11.0. The fraction of sp³-hybridized carbons (Fsp3) is 0.235. The zero-order valence-corrected chi connectivity index (χ0v) is 14.3. The van der Waals surface area contributed by atoms with Gasteiger partial charge in [0, 0.05) is 0 Å². The number of hydrogen-bond acceptors (Lipinski definition) is 3. The van der Waals surface area contributed by atoms with Crippen molar-refractivity contribution in [2.75, 3.05) is 13.7 Å². The first-order valence-electron chi connectivity index (χ1n) is 7.01. The first-order valence-corrected chi connectivity index (χ1v) is 7.77. The number of carbonyl (C=O) groups excluding carboxylic acids is 1. The number of halogens is 2. The van der Waals surface area contributed by atoms with Crippen LogP contribution in [0.2, 0.25) is 10.0 Å². The smallest absolute Gasteiger partial charge is 0.258 e. The topological polar surface area (TPSA) is 47.6 Å². The van der Waals surface area contributed by atoms with E-state index in [1.54, 1.807) is 31.4 Å². The molecule has 0 aliphatic carbocycles. The molecule has 0 bridgehead atoms. The molecule has 1 N–H and O–H groups in total. The molecule has 2 rings (SSSR count). The number of para-hydroxylation sites is 2. The SMILES string of the molecule is COc1ccccc1OCC(=O)NC(C)c1ccc(Cl)c(Cl)c1. The molecule has 0 aromatic heterocycles. The summed E-state index contributed by atoms with van der Waals surface area (Å²) >= 11 is 11.9. The highest BCUT2D eigenvalue weighted by atomic mass is 35.5. The van der Waals surface area contributed by atoms with Crippen LogP contribution in [0.3, 0.4) is 0 Å². The van der Waals surface area contributed by atoms with Crippen molar-refractivity contribution in [2.24, 2.45) is 0 Å². The third-order valence-electron chi connectivity index (χ3n) is 3.25. The summed E-state index contributed by atoms with van der Waals surface area (Å²) in [5.74, 6) is 0.861. The molecule has 0 aliphatic heterocycles. The molecule has 6 heteroatoms. The lowest BCUT2D eigenvalue weighted by atomic mass is 10.1. The average molecular weight is 354 g/mol. The molecule has 2 aromatic rings. The molecule has 1 unspecified atom stereocenters. The van der Waals surface area contributed by atoms with Gasteiger partial charge in [0.2, 0.25) is 0 Å². The molecule has 1 atom stereocenters. The van der Waals surface area contributed by atoms with Crippen LogP contribution in [0.1, 0.15) is 18.5 Å². The zero-order chi connectivity index (χ0) is 16.8. The van der Waals surface area contributed by atoms with Crippen molar-refractivity contribution in [3.8, 4) is 11.5 Å². The quantitative estimate of drug-likeness (QED) is 0.843. The fourth-order valence-electron chi connectivity index (χ4n) is 2.03. The molecule has 122 valence electrons. The molecule has 0 fully saturated rings. The van der Waals surface area contributed by atoms with Crippen LogP contribution in [-0.4, -0.2) is 19.6 Å². The highest BCUT2D eigenvalue weighted by molar-refractivity contribution is 6.42. The zero-order valence-electron chi connectivity index (χ0n) is 12.8. The summed E-state index contributed by atoms with van der Waals surface area (Å²) in [5.41, 5.74) is 0.866. The van der Waals surface area contributed by atoms with E-state index >= 15 is 0 Å². The second kappa shape index (κ2) is 8.09. The van der Waals surface area contributed by atoms with Gasteiger partial charge in [0.15, 0.2) is 18.1 Å². The number of benzene rings is 2. The largest absolute Gasteiger partial charge is 0.493 e. The lowest BCUT2D eigenvalue weighted by Gasteiger charge is -2.16.